The van der Waals surface area contributed by atoms with E-state index in [4.69, 9.17) is 14.6 Å². The number of nitrogens with one attached hydrogen (secondary N) is 2. The van der Waals surface area contributed by atoms with Crippen LogP contribution in [0.2, 0.25) is 0 Å². The van der Waals surface area contributed by atoms with Crippen molar-refractivity contribution in [2.45, 2.75) is 70.9 Å². The van der Waals surface area contributed by atoms with Gasteiger partial charge in [-0.3, -0.25) is 9.59 Å². The van der Waals surface area contributed by atoms with Crippen LogP contribution in [0, 0.1) is 0 Å². The standard InChI is InChI=1S/C27H36N2O6/c1-2-3-4-5-6-10-19-34-23-15-13-22(14-16-23)28-26(31)24(29-27(32)33)17-18-25(30)35-20-21-11-8-7-9-12-21/h7-9,11-16,24,29H,2-6,10,17-20H2,1H3,(H,28,31)(H,32,33). The van der Waals surface area contributed by atoms with E-state index in [9.17, 15) is 14.4 Å². The fraction of sp³-hybridized carbons (Fsp3) is 0.444. The summed E-state index contributed by atoms with van der Waals surface area (Å²) >= 11 is 0. The van der Waals surface area contributed by atoms with Gasteiger partial charge in [0.15, 0.2) is 0 Å². The predicted octanol–water partition coefficient (Wildman–Crippen LogP) is 5.52. The van der Waals surface area contributed by atoms with E-state index in [1.807, 2.05) is 30.3 Å². The number of carbonyl (C=O) groups is 3. The Morgan fingerprint density at radius 2 is 1.60 bits per heavy atom. The van der Waals surface area contributed by atoms with Gasteiger partial charge in [0.2, 0.25) is 5.91 Å². The van der Waals surface area contributed by atoms with Gasteiger partial charge >= 0.3 is 12.1 Å². The normalized spacial score (nSPS) is 11.3. The lowest BCUT2D eigenvalue weighted by Crippen LogP contribution is -2.43. The third-order valence-electron chi connectivity index (χ3n) is 5.38. The lowest BCUT2D eigenvalue weighted by Gasteiger charge is -2.17. The quantitative estimate of drug-likeness (QED) is 0.213. The molecule has 190 valence electrons. The zero-order valence-electron chi connectivity index (χ0n) is 20.3. The highest BCUT2D eigenvalue weighted by Crippen LogP contribution is 2.17. The van der Waals surface area contributed by atoms with Crippen molar-refractivity contribution >= 4 is 23.7 Å². The maximum absolute atomic E-state index is 12.6. The van der Waals surface area contributed by atoms with Crippen molar-refractivity contribution in [3.05, 3.63) is 60.2 Å². The van der Waals surface area contributed by atoms with Crippen LogP contribution < -0.4 is 15.4 Å². The number of hydrogen-bond acceptors (Lipinski definition) is 5. The van der Waals surface area contributed by atoms with Crippen molar-refractivity contribution in [1.29, 1.82) is 0 Å². The van der Waals surface area contributed by atoms with Crippen molar-refractivity contribution in [2.75, 3.05) is 11.9 Å². The van der Waals surface area contributed by atoms with Gasteiger partial charge in [-0.05, 0) is 42.7 Å². The number of carbonyl (C=O) groups excluding carboxylic acids is 2. The Morgan fingerprint density at radius 3 is 2.29 bits per heavy atom. The number of carboxylic acid groups (broad SMARTS) is 1. The van der Waals surface area contributed by atoms with Gasteiger partial charge < -0.3 is 25.2 Å². The Kier molecular flexibility index (Phi) is 12.8. The van der Waals surface area contributed by atoms with Crippen LogP contribution in [-0.2, 0) is 20.9 Å². The molecule has 2 rings (SSSR count). The molecule has 35 heavy (non-hydrogen) atoms. The van der Waals surface area contributed by atoms with Gasteiger partial charge in [0.05, 0.1) is 6.61 Å². The summed E-state index contributed by atoms with van der Waals surface area (Å²) in [7, 11) is 0. The summed E-state index contributed by atoms with van der Waals surface area (Å²) in [5.41, 5.74) is 1.35. The summed E-state index contributed by atoms with van der Waals surface area (Å²) in [6.45, 7) is 2.96. The summed E-state index contributed by atoms with van der Waals surface area (Å²) in [6.07, 6.45) is 5.66. The first-order valence-corrected chi connectivity index (χ1v) is 12.2. The van der Waals surface area contributed by atoms with Crippen LogP contribution in [0.1, 0.15) is 63.9 Å². The number of esters is 1. The van der Waals surface area contributed by atoms with E-state index in [1.165, 1.54) is 25.7 Å². The first-order chi connectivity index (χ1) is 17.0. The predicted molar refractivity (Wildman–Crippen MR) is 134 cm³/mol. The van der Waals surface area contributed by atoms with Gasteiger partial charge in [0, 0.05) is 12.1 Å². The Labute approximate surface area is 207 Å². The molecule has 3 N–H and O–H groups in total. The molecule has 0 heterocycles. The van der Waals surface area contributed by atoms with Crippen molar-refractivity contribution < 1.29 is 29.0 Å². The first kappa shape index (κ1) is 27.7. The third-order valence-corrected chi connectivity index (χ3v) is 5.38. The van der Waals surface area contributed by atoms with Gasteiger partial charge in [-0.1, -0.05) is 69.4 Å². The van der Waals surface area contributed by atoms with Crippen molar-refractivity contribution in [3.63, 3.8) is 0 Å². The Bertz CT molecular complexity index is 902. The van der Waals surface area contributed by atoms with Crippen LogP contribution in [0.25, 0.3) is 0 Å². The molecule has 0 saturated carbocycles. The lowest BCUT2D eigenvalue weighted by atomic mass is 10.1. The topological polar surface area (TPSA) is 114 Å². The van der Waals surface area contributed by atoms with E-state index in [0.29, 0.717) is 18.0 Å². The molecule has 0 aromatic heterocycles. The van der Waals surface area contributed by atoms with Crippen LogP contribution in [-0.4, -0.2) is 35.7 Å². The molecule has 2 aromatic carbocycles. The zero-order chi connectivity index (χ0) is 25.3. The minimum atomic E-state index is -1.35. The number of unbranched alkanes of at least 4 members (excludes halogenated alkanes) is 5. The van der Waals surface area contributed by atoms with Crippen LogP contribution in [0.15, 0.2) is 54.6 Å². The number of anilines is 1. The summed E-state index contributed by atoms with van der Waals surface area (Å²) in [5, 5.41) is 13.9. The minimum Gasteiger partial charge on any atom is -0.494 e. The molecular weight excluding hydrogens is 448 g/mol. The molecule has 1 atom stereocenters. The van der Waals surface area contributed by atoms with Crippen LogP contribution >= 0.6 is 0 Å². The second kappa shape index (κ2) is 16.1. The van der Waals surface area contributed by atoms with Gasteiger partial charge in [-0.25, -0.2) is 4.79 Å². The summed E-state index contributed by atoms with van der Waals surface area (Å²) < 4.78 is 10.9. The van der Waals surface area contributed by atoms with Gasteiger partial charge in [0.25, 0.3) is 0 Å². The van der Waals surface area contributed by atoms with Crippen LogP contribution in [0.4, 0.5) is 10.5 Å². The summed E-state index contributed by atoms with van der Waals surface area (Å²) in [6, 6.07) is 15.0. The Morgan fingerprint density at radius 1 is 0.914 bits per heavy atom. The largest absolute Gasteiger partial charge is 0.494 e. The SMILES string of the molecule is CCCCCCCCOc1ccc(NC(=O)C(CCC(=O)OCc2ccccc2)NC(=O)O)cc1. The van der Waals surface area contributed by atoms with Gasteiger partial charge in [-0.2, -0.15) is 0 Å². The molecule has 0 aliphatic rings. The fourth-order valence-electron chi connectivity index (χ4n) is 3.43. The molecule has 8 heteroatoms. The number of ether oxygens (including phenoxy) is 2. The molecule has 0 bridgehead atoms. The highest BCUT2D eigenvalue weighted by atomic mass is 16.5. The van der Waals surface area contributed by atoms with Crippen molar-refractivity contribution in [1.82, 2.24) is 5.32 Å². The Balaban J connectivity index is 1.76. The first-order valence-electron chi connectivity index (χ1n) is 12.2. The number of amides is 2. The molecule has 2 aromatic rings. The molecule has 0 saturated heterocycles. The highest BCUT2D eigenvalue weighted by molar-refractivity contribution is 5.96. The highest BCUT2D eigenvalue weighted by Gasteiger charge is 2.22. The molecule has 1 unspecified atom stereocenters. The van der Waals surface area contributed by atoms with E-state index in [0.717, 1.165) is 18.4 Å². The molecule has 0 aliphatic carbocycles. The third kappa shape index (κ3) is 11.9. The van der Waals surface area contributed by atoms with Crippen molar-refractivity contribution in [3.8, 4) is 5.75 Å². The van der Waals surface area contributed by atoms with Crippen LogP contribution in [0.5, 0.6) is 5.75 Å². The van der Waals surface area contributed by atoms with Crippen LogP contribution in [0.3, 0.4) is 0 Å². The average molecular weight is 485 g/mol. The second-order valence-electron chi connectivity index (χ2n) is 8.32. The van der Waals surface area contributed by atoms with Crippen molar-refractivity contribution in [2.24, 2.45) is 0 Å². The average Bonchev–Trinajstić information content (AvgIpc) is 2.86. The summed E-state index contributed by atoms with van der Waals surface area (Å²) in [5.74, 6) is -0.354. The second-order valence-corrected chi connectivity index (χ2v) is 8.32. The molecule has 0 aliphatic heterocycles. The lowest BCUT2D eigenvalue weighted by molar-refractivity contribution is -0.145. The molecular formula is C27H36N2O6. The van der Waals surface area contributed by atoms with E-state index in [2.05, 4.69) is 17.6 Å². The number of rotatable bonds is 16. The smallest absolute Gasteiger partial charge is 0.405 e. The molecule has 0 radical (unpaired) electrons. The zero-order valence-corrected chi connectivity index (χ0v) is 20.3. The minimum absolute atomic E-state index is 0.0226. The maximum Gasteiger partial charge on any atom is 0.405 e. The van der Waals surface area contributed by atoms with Gasteiger partial charge in [0.1, 0.15) is 18.4 Å². The molecule has 0 spiro atoms. The number of benzene rings is 2. The summed E-state index contributed by atoms with van der Waals surface area (Å²) in [4.78, 5) is 35.8. The fourth-order valence-corrected chi connectivity index (χ4v) is 3.43. The van der Waals surface area contributed by atoms with E-state index >= 15 is 0 Å². The maximum atomic E-state index is 12.6. The number of hydrogen-bond donors (Lipinski definition) is 3. The van der Waals surface area contributed by atoms with Gasteiger partial charge in [-0.15, -0.1) is 0 Å². The van der Waals surface area contributed by atoms with E-state index < -0.39 is 24.0 Å². The van der Waals surface area contributed by atoms with E-state index in [-0.39, 0.29) is 19.4 Å². The monoisotopic (exact) mass is 484 g/mol. The Hall–Kier alpha value is -3.55. The molecule has 8 nitrogen and oxygen atoms in total. The molecule has 0 fully saturated rings. The van der Waals surface area contributed by atoms with E-state index in [1.54, 1.807) is 24.3 Å². The molecule has 2 amide bonds.